The SMILES string of the molecule is CCNCCNCCN1CCN(CCN(CC)CC)CC1. The van der Waals surface area contributed by atoms with E-state index in [0.29, 0.717) is 0 Å². The fourth-order valence-corrected chi connectivity index (χ4v) is 2.77. The first kappa shape index (κ1) is 18.8. The van der Waals surface area contributed by atoms with Crippen LogP contribution in [0.2, 0.25) is 0 Å². The van der Waals surface area contributed by atoms with Gasteiger partial charge in [0.2, 0.25) is 0 Å². The van der Waals surface area contributed by atoms with Crippen LogP contribution in [-0.2, 0) is 0 Å². The quantitative estimate of drug-likeness (QED) is 0.501. The number of hydrogen-bond donors (Lipinski definition) is 2. The number of hydrogen-bond acceptors (Lipinski definition) is 5. The summed E-state index contributed by atoms with van der Waals surface area (Å²) in [4.78, 5) is 7.72. The predicted molar refractivity (Wildman–Crippen MR) is 92.1 cm³/mol. The fourth-order valence-electron chi connectivity index (χ4n) is 2.77. The maximum Gasteiger partial charge on any atom is 0.0110 e. The highest BCUT2D eigenvalue weighted by molar-refractivity contribution is 4.73. The molecule has 1 aliphatic heterocycles. The maximum absolute atomic E-state index is 3.51. The van der Waals surface area contributed by atoms with Crippen LogP contribution in [0.25, 0.3) is 0 Å². The van der Waals surface area contributed by atoms with Crippen molar-refractivity contribution >= 4 is 0 Å². The van der Waals surface area contributed by atoms with Crippen molar-refractivity contribution in [1.29, 1.82) is 0 Å². The zero-order valence-corrected chi connectivity index (χ0v) is 14.5. The number of nitrogens with one attached hydrogen (secondary N) is 2. The minimum absolute atomic E-state index is 1.07. The molecule has 0 aromatic carbocycles. The smallest absolute Gasteiger partial charge is 0.0110 e. The second-order valence-corrected chi connectivity index (χ2v) is 5.81. The molecule has 5 nitrogen and oxygen atoms in total. The van der Waals surface area contributed by atoms with E-state index in [9.17, 15) is 0 Å². The lowest BCUT2D eigenvalue weighted by atomic mass is 10.3. The van der Waals surface area contributed by atoms with Crippen LogP contribution in [0.1, 0.15) is 20.8 Å². The van der Waals surface area contributed by atoms with Gasteiger partial charge in [-0.25, -0.2) is 0 Å². The topological polar surface area (TPSA) is 33.8 Å². The van der Waals surface area contributed by atoms with Crippen molar-refractivity contribution in [2.45, 2.75) is 20.8 Å². The Bertz CT molecular complexity index is 225. The van der Waals surface area contributed by atoms with Crippen molar-refractivity contribution in [3.8, 4) is 0 Å². The van der Waals surface area contributed by atoms with E-state index in [0.717, 1.165) is 26.2 Å². The highest BCUT2D eigenvalue weighted by atomic mass is 15.3. The molecule has 0 radical (unpaired) electrons. The first-order valence-electron chi connectivity index (χ1n) is 8.88. The van der Waals surface area contributed by atoms with Gasteiger partial charge < -0.3 is 15.5 Å². The van der Waals surface area contributed by atoms with E-state index in [-0.39, 0.29) is 0 Å². The molecule has 2 N–H and O–H groups in total. The second-order valence-electron chi connectivity index (χ2n) is 5.81. The molecule has 1 rings (SSSR count). The highest BCUT2D eigenvalue weighted by Crippen LogP contribution is 2.01. The monoisotopic (exact) mass is 299 g/mol. The lowest BCUT2D eigenvalue weighted by Crippen LogP contribution is -2.49. The Balaban J connectivity index is 1.99. The average Bonchev–Trinajstić information content (AvgIpc) is 2.53. The van der Waals surface area contributed by atoms with Gasteiger partial charge in [0.15, 0.2) is 0 Å². The van der Waals surface area contributed by atoms with Gasteiger partial charge in [-0.15, -0.1) is 0 Å². The van der Waals surface area contributed by atoms with Gasteiger partial charge in [0.25, 0.3) is 0 Å². The van der Waals surface area contributed by atoms with Crippen molar-refractivity contribution in [1.82, 2.24) is 25.3 Å². The summed E-state index contributed by atoms with van der Waals surface area (Å²) in [5.74, 6) is 0. The molecule has 1 heterocycles. The number of rotatable bonds is 12. The van der Waals surface area contributed by atoms with Crippen molar-refractivity contribution in [3.63, 3.8) is 0 Å². The van der Waals surface area contributed by atoms with Gasteiger partial charge in [-0.1, -0.05) is 20.8 Å². The van der Waals surface area contributed by atoms with Gasteiger partial charge in [-0.05, 0) is 19.6 Å². The molecule has 0 spiro atoms. The lowest BCUT2D eigenvalue weighted by Gasteiger charge is -2.35. The average molecular weight is 300 g/mol. The molecule has 1 aliphatic rings. The zero-order valence-electron chi connectivity index (χ0n) is 14.5. The predicted octanol–water partition coefficient (Wildman–Crippen LogP) is 0.145. The van der Waals surface area contributed by atoms with Crippen LogP contribution in [0.3, 0.4) is 0 Å². The largest absolute Gasteiger partial charge is 0.316 e. The van der Waals surface area contributed by atoms with Gasteiger partial charge in [0.05, 0.1) is 0 Å². The Labute approximate surface area is 132 Å². The molecular weight excluding hydrogens is 262 g/mol. The van der Waals surface area contributed by atoms with Crippen molar-refractivity contribution < 1.29 is 0 Å². The Kier molecular flexibility index (Phi) is 11.1. The zero-order chi connectivity index (χ0) is 15.3. The summed E-state index contributed by atoms with van der Waals surface area (Å²) in [6.45, 7) is 21.9. The van der Waals surface area contributed by atoms with Crippen molar-refractivity contribution in [2.24, 2.45) is 0 Å². The molecule has 0 saturated carbocycles. The standard InChI is InChI=1S/C16H37N5/c1-4-17-7-8-18-9-10-20-13-15-21(16-14-20)12-11-19(5-2)6-3/h17-18H,4-16H2,1-3H3. The lowest BCUT2D eigenvalue weighted by molar-refractivity contribution is 0.121. The fraction of sp³-hybridized carbons (Fsp3) is 1.00. The van der Waals surface area contributed by atoms with Crippen LogP contribution < -0.4 is 10.6 Å². The third kappa shape index (κ3) is 8.73. The minimum atomic E-state index is 1.07. The third-order valence-corrected chi connectivity index (χ3v) is 4.43. The van der Waals surface area contributed by atoms with E-state index < -0.39 is 0 Å². The first-order valence-corrected chi connectivity index (χ1v) is 8.88. The van der Waals surface area contributed by atoms with Crippen LogP contribution in [0, 0.1) is 0 Å². The normalized spacial score (nSPS) is 17.7. The van der Waals surface area contributed by atoms with E-state index in [1.165, 1.54) is 58.9 Å². The maximum atomic E-state index is 3.51. The van der Waals surface area contributed by atoms with E-state index in [1.54, 1.807) is 0 Å². The summed E-state index contributed by atoms with van der Waals surface area (Å²) in [5, 5.41) is 6.85. The molecule has 5 heteroatoms. The number of likely N-dealkylation sites (N-methyl/N-ethyl adjacent to an activating group) is 2. The van der Waals surface area contributed by atoms with E-state index in [4.69, 9.17) is 0 Å². The molecular formula is C16H37N5. The Hall–Kier alpha value is -0.200. The van der Waals surface area contributed by atoms with Gasteiger partial charge in [0.1, 0.15) is 0 Å². The summed E-state index contributed by atoms with van der Waals surface area (Å²) < 4.78 is 0. The van der Waals surface area contributed by atoms with Gasteiger partial charge >= 0.3 is 0 Å². The number of piperazine rings is 1. The summed E-state index contributed by atoms with van der Waals surface area (Å²) >= 11 is 0. The molecule has 0 atom stereocenters. The minimum Gasteiger partial charge on any atom is -0.316 e. The molecule has 0 aliphatic carbocycles. The van der Waals surface area contributed by atoms with Crippen molar-refractivity contribution in [2.75, 3.05) is 85.1 Å². The van der Waals surface area contributed by atoms with Gasteiger partial charge in [0, 0.05) is 65.4 Å². The Morgan fingerprint density at radius 1 is 0.762 bits per heavy atom. The Morgan fingerprint density at radius 2 is 1.33 bits per heavy atom. The first-order chi connectivity index (χ1) is 10.3. The molecule has 0 bridgehead atoms. The molecule has 126 valence electrons. The molecule has 0 amide bonds. The molecule has 0 unspecified atom stereocenters. The van der Waals surface area contributed by atoms with Crippen LogP contribution >= 0.6 is 0 Å². The van der Waals surface area contributed by atoms with Crippen LogP contribution in [0.5, 0.6) is 0 Å². The van der Waals surface area contributed by atoms with Crippen LogP contribution in [0.15, 0.2) is 0 Å². The van der Waals surface area contributed by atoms with Gasteiger partial charge in [-0.2, -0.15) is 0 Å². The van der Waals surface area contributed by atoms with Crippen molar-refractivity contribution in [3.05, 3.63) is 0 Å². The summed E-state index contributed by atoms with van der Waals surface area (Å²) in [6.07, 6.45) is 0. The van der Waals surface area contributed by atoms with Crippen LogP contribution in [-0.4, -0.2) is 99.8 Å². The molecule has 0 aromatic rings. The summed E-state index contributed by atoms with van der Waals surface area (Å²) in [5.41, 5.74) is 0. The second kappa shape index (κ2) is 12.4. The molecule has 1 saturated heterocycles. The van der Waals surface area contributed by atoms with E-state index in [1.807, 2.05) is 0 Å². The molecule has 1 fully saturated rings. The number of nitrogens with zero attached hydrogens (tertiary/aromatic N) is 3. The Morgan fingerprint density at radius 3 is 1.90 bits per heavy atom. The van der Waals surface area contributed by atoms with Gasteiger partial charge in [-0.3, -0.25) is 9.80 Å². The highest BCUT2D eigenvalue weighted by Gasteiger charge is 2.16. The van der Waals surface area contributed by atoms with E-state index >= 15 is 0 Å². The molecule has 21 heavy (non-hydrogen) atoms. The summed E-state index contributed by atoms with van der Waals surface area (Å²) in [7, 11) is 0. The molecule has 0 aromatic heterocycles. The summed E-state index contributed by atoms with van der Waals surface area (Å²) in [6, 6.07) is 0. The third-order valence-electron chi connectivity index (χ3n) is 4.43. The van der Waals surface area contributed by atoms with E-state index in [2.05, 4.69) is 46.1 Å². The van der Waals surface area contributed by atoms with Crippen LogP contribution in [0.4, 0.5) is 0 Å².